The lowest BCUT2D eigenvalue weighted by Crippen LogP contribution is -1.97. The van der Waals surface area contributed by atoms with Crippen molar-refractivity contribution in [2.75, 3.05) is 18.2 Å². The van der Waals surface area contributed by atoms with Gasteiger partial charge in [-0.05, 0) is 18.7 Å². The molecule has 0 aliphatic carbocycles. The largest absolute Gasteiger partial charge is 0.458 e. The van der Waals surface area contributed by atoms with E-state index < -0.39 is 0 Å². The van der Waals surface area contributed by atoms with Gasteiger partial charge in [-0.25, -0.2) is 4.79 Å². The minimum Gasteiger partial charge on any atom is -0.458 e. The van der Waals surface area contributed by atoms with Gasteiger partial charge >= 0.3 is 5.30 Å². The number of alkyl halides is 1. The van der Waals surface area contributed by atoms with Crippen LogP contribution in [0.5, 0.6) is 0 Å². The highest BCUT2D eigenvalue weighted by Crippen LogP contribution is 2.04. The number of hydrogen-bond donors (Lipinski definition) is 0. The Labute approximate surface area is 63.9 Å². The molecule has 0 unspecified atom stereocenters. The van der Waals surface area contributed by atoms with Gasteiger partial charge in [0.2, 0.25) is 0 Å². The van der Waals surface area contributed by atoms with E-state index in [-0.39, 0.29) is 5.30 Å². The smallest absolute Gasteiger partial charge is 0.367 e. The molecule has 0 amide bonds. The van der Waals surface area contributed by atoms with Gasteiger partial charge < -0.3 is 4.74 Å². The Morgan fingerprint density at radius 1 is 1.78 bits per heavy atom. The van der Waals surface area contributed by atoms with Crippen LogP contribution in [0.1, 0.15) is 6.92 Å². The minimum absolute atomic E-state index is 0.238. The summed E-state index contributed by atoms with van der Waals surface area (Å²) >= 11 is 6.43. The molecule has 0 aliphatic heterocycles. The van der Waals surface area contributed by atoms with Crippen LogP contribution in [-0.2, 0) is 4.74 Å². The Balaban J connectivity index is 3.06. The van der Waals surface area contributed by atoms with Crippen LogP contribution in [0, 0.1) is 0 Å². The highest BCUT2D eigenvalue weighted by atomic mass is 35.5. The monoisotopic (exact) mass is 168 g/mol. The molecule has 0 aromatic heterocycles. The second kappa shape index (κ2) is 6.23. The molecule has 0 fully saturated rings. The van der Waals surface area contributed by atoms with Crippen LogP contribution in [-0.4, -0.2) is 23.5 Å². The maximum atomic E-state index is 10.5. The Morgan fingerprint density at radius 3 is 2.89 bits per heavy atom. The van der Waals surface area contributed by atoms with Crippen molar-refractivity contribution >= 4 is 28.7 Å². The third-order valence-corrected chi connectivity index (χ3v) is 1.73. The van der Waals surface area contributed by atoms with Gasteiger partial charge in [-0.2, -0.15) is 0 Å². The Kier molecular flexibility index (Phi) is 6.31. The minimum atomic E-state index is -0.238. The number of carbonyl (C=O) groups is 1. The van der Waals surface area contributed by atoms with Crippen molar-refractivity contribution < 1.29 is 9.53 Å². The molecule has 54 valence electrons. The first-order valence-corrected chi connectivity index (χ1v) is 4.18. The number of thioether (sulfide) groups is 1. The normalized spacial score (nSPS) is 9.11. The lowest BCUT2D eigenvalue weighted by Gasteiger charge is -1.96. The van der Waals surface area contributed by atoms with Crippen molar-refractivity contribution in [1.29, 1.82) is 0 Å². The summed E-state index contributed by atoms with van der Waals surface area (Å²) in [5.41, 5.74) is 0. The molecular weight excluding hydrogens is 160 g/mol. The average molecular weight is 169 g/mol. The molecule has 2 nitrogen and oxygen atoms in total. The number of carbonyl (C=O) groups excluding carboxylic acids is 1. The van der Waals surface area contributed by atoms with E-state index in [9.17, 15) is 4.79 Å². The summed E-state index contributed by atoms with van der Waals surface area (Å²) in [5, 5.41) is -0.238. The molecule has 4 heteroatoms. The van der Waals surface area contributed by atoms with E-state index in [1.165, 1.54) is 0 Å². The zero-order chi connectivity index (χ0) is 7.11. The fourth-order valence-electron chi connectivity index (χ4n) is 0.281. The summed E-state index contributed by atoms with van der Waals surface area (Å²) in [5.74, 6) is 1.11. The predicted octanol–water partition coefficient (Wildman–Crippen LogP) is 2.11. The number of halogens is 1. The second-order valence-corrected chi connectivity index (χ2v) is 2.63. The van der Waals surface area contributed by atoms with Crippen LogP contribution in [0.4, 0.5) is 4.79 Å². The van der Waals surface area contributed by atoms with Crippen LogP contribution >= 0.6 is 23.4 Å². The quantitative estimate of drug-likeness (QED) is 0.477. The highest BCUT2D eigenvalue weighted by Gasteiger charge is 1.98. The molecule has 0 rings (SSSR count). The third kappa shape index (κ3) is 5.99. The summed E-state index contributed by atoms with van der Waals surface area (Å²) in [6.45, 7) is 2.22. The molecule has 0 aromatic carbocycles. The summed E-state index contributed by atoms with van der Waals surface area (Å²) in [4.78, 5) is 10.5. The zero-order valence-electron chi connectivity index (χ0n) is 5.22. The summed E-state index contributed by atoms with van der Waals surface area (Å²) in [6.07, 6.45) is 0. The lowest BCUT2D eigenvalue weighted by molar-refractivity contribution is 0.181. The van der Waals surface area contributed by atoms with Crippen molar-refractivity contribution in [3.63, 3.8) is 0 Å². The highest BCUT2D eigenvalue weighted by molar-refractivity contribution is 8.13. The third-order valence-electron chi connectivity index (χ3n) is 0.559. The molecular formula is C5H9ClO2S. The number of ether oxygens (including phenoxy) is 1. The fourth-order valence-corrected chi connectivity index (χ4v) is 0.958. The van der Waals surface area contributed by atoms with Gasteiger partial charge in [0.25, 0.3) is 0 Å². The Bertz CT molecular complexity index is 87.0. The maximum Gasteiger partial charge on any atom is 0.367 e. The Morgan fingerprint density at radius 2 is 2.44 bits per heavy atom. The van der Waals surface area contributed by atoms with E-state index in [2.05, 4.69) is 4.74 Å². The van der Waals surface area contributed by atoms with Gasteiger partial charge in [-0.3, -0.25) is 0 Å². The molecule has 0 atom stereocenters. The molecule has 0 bridgehead atoms. The van der Waals surface area contributed by atoms with E-state index in [1.807, 2.05) is 0 Å². The van der Waals surface area contributed by atoms with Crippen molar-refractivity contribution in [3.8, 4) is 0 Å². The molecule has 0 saturated heterocycles. The molecule has 0 spiro atoms. The van der Waals surface area contributed by atoms with E-state index in [4.69, 9.17) is 11.6 Å². The van der Waals surface area contributed by atoms with Crippen molar-refractivity contribution in [1.82, 2.24) is 0 Å². The first-order chi connectivity index (χ1) is 4.31. The van der Waals surface area contributed by atoms with Gasteiger partial charge in [0.15, 0.2) is 0 Å². The van der Waals surface area contributed by atoms with E-state index in [1.54, 1.807) is 6.92 Å². The SMILES string of the molecule is CCOC(=O)SCCCl. The first kappa shape index (κ1) is 9.11. The summed E-state index contributed by atoms with van der Waals surface area (Å²) in [7, 11) is 0. The van der Waals surface area contributed by atoms with Crippen molar-refractivity contribution in [2.45, 2.75) is 6.92 Å². The van der Waals surface area contributed by atoms with Crippen molar-refractivity contribution in [3.05, 3.63) is 0 Å². The van der Waals surface area contributed by atoms with Crippen LogP contribution in [0.2, 0.25) is 0 Å². The number of hydrogen-bond acceptors (Lipinski definition) is 3. The first-order valence-electron chi connectivity index (χ1n) is 2.66. The lowest BCUT2D eigenvalue weighted by atomic mass is 10.9. The van der Waals surface area contributed by atoms with Crippen molar-refractivity contribution in [2.24, 2.45) is 0 Å². The summed E-state index contributed by atoms with van der Waals surface area (Å²) in [6, 6.07) is 0. The molecule has 0 heterocycles. The summed E-state index contributed by atoms with van der Waals surface area (Å²) < 4.78 is 4.61. The van der Waals surface area contributed by atoms with Gasteiger partial charge in [0.05, 0.1) is 6.61 Å². The van der Waals surface area contributed by atoms with Crippen LogP contribution in [0.15, 0.2) is 0 Å². The predicted molar refractivity (Wildman–Crippen MR) is 40.2 cm³/mol. The maximum absolute atomic E-state index is 10.5. The molecule has 9 heavy (non-hydrogen) atoms. The fraction of sp³-hybridized carbons (Fsp3) is 0.800. The van der Waals surface area contributed by atoms with Gasteiger partial charge in [0.1, 0.15) is 0 Å². The Hall–Kier alpha value is 0.110. The van der Waals surface area contributed by atoms with E-state index in [0.29, 0.717) is 18.2 Å². The standard InChI is InChI=1S/C5H9ClO2S/c1-2-8-5(7)9-4-3-6/h2-4H2,1H3. The van der Waals surface area contributed by atoms with E-state index >= 15 is 0 Å². The van der Waals surface area contributed by atoms with Gasteiger partial charge in [-0.15, -0.1) is 11.6 Å². The molecule has 0 aromatic rings. The molecule has 0 radical (unpaired) electrons. The molecule has 0 saturated carbocycles. The van der Waals surface area contributed by atoms with Gasteiger partial charge in [0, 0.05) is 11.6 Å². The van der Waals surface area contributed by atoms with Crippen LogP contribution < -0.4 is 0 Å². The number of rotatable bonds is 3. The van der Waals surface area contributed by atoms with Crippen LogP contribution in [0.3, 0.4) is 0 Å². The van der Waals surface area contributed by atoms with Crippen LogP contribution in [0.25, 0.3) is 0 Å². The second-order valence-electron chi connectivity index (χ2n) is 1.22. The van der Waals surface area contributed by atoms with E-state index in [0.717, 1.165) is 11.8 Å². The average Bonchev–Trinajstić information content (AvgIpc) is 1.85. The topological polar surface area (TPSA) is 26.3 Å². The molecule has 0 N–H and O–H groups in total. The zero-order valence-corrected chi connectivity index (χ0v) is 6.80. The molecule has 0 aliphatic rings. The van der Waals surface area contributed by atoms with Gasteiger partial charge in [-0.1, -0.05) is 0 Å².